The molecule has 3 rings (SSSR count). The van der Waals surface area contributed by atoms with Gasteiger partial charge in [0.25, 0.3) is 0 Å². The lowest BCUT2D eigenvalue weighted by Crippen LogP contribution is -2.20. The van der Waals surface area contributed by atoms with Gasteiger partial charge in [-0.1, -0.05) is 0 Å². The van der Waals surface area contributed by atoms with Crippen LogP contribution in [0.4, 0.5) is 0 Å². The van der Waals surface area contributed by atoms with E-state index in [4.69, 9.17) is 5.41 Å². The first-order chi connectivity index (χ1) is 10.5. The summed E-state index contributed by atoms with van der Waals surface area (Å²) in [7, 11) is 1.71. The third-order valence-corrected chi connectivity index (χ3v) is 5.98. The molecule has 0 unspecified atom stereocenters. The minimum atomic E-state index is 0.387. The van der Waals surface area contributed by atoms with Crippen molar-refractivity contribution in [3.63, 3.8) is 0 Å². The molecule has 0 saturated heterocycles. The van der Waals surface area contributed by atoms with E-state index in [0.29, 0.717) is 11.4 Å². The SMILES string of the molecule is CN=C1C(=N)C(Br)=CC(C)=C1c1c(I)cc(Br)c2nsnc12. The first-order valence-corrected chi connectivity index (χ1v) is 9.60. The van der Waals surface area contributed by atoms with Crippen LogP contribution in [0.15, 0.2) is 31.7 Å². The van der Waals surface area contributed by atoms with Crippen LogP contribution in [0.1, 0.15) is 12.5 Å². The number of hydrogen-bond donors (Lipinski definition) is 1. The molecular formula is C14H9Br2IN4S. The average Bonchev–Trinajstić information content (AvgIpc) is 2.94. The predicted octanol–water partition coefficient (Wildman–Crippen LogP) is 5.21. The summed E-state index contributed by atoms with van der Waals surface area (Å²) in [6.45, 7) is 2.03. The van der Waals surface area contributed by atoms with Crippen LogP contribution in [0.3, 0.4) is 0 Å². The van der Waals surface area contributed by atoms with E-state index in [2.05, 4.69) is 68.2 Å². The van der Waals surface area contributed by atoms with Gasteiger partial charge in [0.05, 0.1) is 23.2 Å². The summed E-state index contributed by atoms with van der Waals surface area (Å²) in [6, 6.07) is 2.03. The maximum absolute atomic E-state index is 8.28. The fourth-order valence-corrected chi connectivity index (χ4v) is 5.40. The monoisotopic (exact) mass is 550 g/mol. The maximum atomic E-state index is 8.28. The molecule has 0 bridgehead atoms. The Labute approximate surface area is 162 Å². The highest BCUT2D eigenvalue weighted by molar-refractivity contribution is 14.1. The molecule has 22 heavy (non-hydrogen) atoms. The van der Waals surface area contributed by atoms with Crippen molar-refractivity contribution in [1.29, 1.82) is 5.41 Å². The number of rotatable bonds is 1. The first kappa shape index (κ1) is 16.4. The molecule has 1 aliphatic rings. The van der Waals surface area contributed by atoms with Gasteiger partial charge in [-0.2, -0.15) is 8.75 Å². The molecule has 0 aliphatic heterocycles. The summed E-state index contributed by atoms with van der Waals surface area (Å²) >= 11 is 10.5. The van der Waals surface area contributed by atoms with Crippen LogP contribution in [-0.2, 0) is 0 Å². The smallest absolute Gasteiger partial charge is 0.119 e. The number of allylic oxidation sites excluding steroid dienone is 4. The summed E-state index contributed by atoms with van der Waals surface area (Å²) in [5.41, 5.74) is 5.74. The van der Waals surface area contributed by atoms with E-state index in [1.54, 1.807) is 7.05 Å². The normalized spacial score (nSPS) is 17.6. The van der Waals surface area contributed by atoms with Crippen molar-refractivity contribution in [3.05, 3.63) is 35.8 Å². The summed E-state index contributed by atoms with van der Waals surface area (Å²) < 4.78 is 11.6. The minimum Gasteiger partial charge on any atom is -0.297 e. The lowest BCUT2D eigenvalue weighted by molar-refractivity contribution is 1.41. The molecule has 4 nitrogen and oxygen atoms in total. The number of nitrogens with one attached hydrogen (secondary N) is 1. The van der Waals surface area contributed by atoms with Gasteiger partial charge in [0.15, 0.2) is 0 Å². The van der Waals surface area contributed by atoms with Crippen LogP contribution >= 0.6 is 66.2 Å². The molecular weight excluding hydrogens is 543 g/mol. The van der Waals surface area contributed by atoms with E-state index in [0.717, 1.165) is 40.3 Å². The molecule has 112 valence electrons. The molecule has 1 N–H and O–H groups in total. The van der Waals surface area contributed by atoms with Gasteiger partial charge in [-0.15, -0.1) is 0 Å². The Kier molecular flexibility index (Phi) is 4.64. The fourth-order valence-electron chi connectivity index (χ4n) is 2.41. The second-order valence-electron chi connectivity index (χ2n) is 4.67. The minimum absolute atomic E-state index is 0.387. The Balaban J connectivity index is 2.43. The van der Waals surface area contributed by atoms with Crippen LogP contribution in [0, 0.1) is 8.98 Å². The molecule has 8 heteroatoms. The Morgan fingerprint density at radius 2 is 1.95 bits per heavy atom. The zero-order valence-electron chi connectivity index (χ0n) is 11.5. The van der Waals surface area contributed by atoms with E-state index in [1.165, 1.54) is 11.7 Å². The molecule has 1 heterocycles. The van der Waals surface area contributed by atoms with Gasteiger partial charge >= 0.3 is 0 Å². The Hall–Kier alpha value is -0.450. The van der Waals surface area contributed by atoms with Crippen molar-refractivity contribution >= 4 is 94.2 Å². The Morgan fingerprint density at radius 1 is 1.27 bits per heavy atom. The zero-order valence-corrected chi connectivity index (χ0v) is 17.7. The van der Waals surface area contributed by atoms with Gasteiger partial charge in [0.1, 0.15) is 11.0 Å². The van der Waals surface area contributed by atoms with Gasteiger partial charge in [-0.3, -0.25) is 10.4 Å². The van der Waals surface area contributed by atoms with Crippen LogP contribution in [0.25, 0.3) is 16.6 Å². The van der Waals surface area contributed by atoms with Gasteiger partial charge < -0.3 is 0 Å². The van der Waals surface area contributed by atoms with Crippen LogP contribution < -0.4 is 0 Å². The topological polar surface area (TPSA) is 62.0 Å². The molecule has 1 aromatic carbocycles. The highest BCUT2D eigenvalue weighted by Gasteiger charge is 2.27. The standard InChI is InChI=1S/C14H9Br2IN4S/c1-5-3-6(15)11(18)13(19-2)9(5)10-8(17)4-7(16)12-14(10)21-22-20-12/h3-4,18H,1-2H3. The fraction of sp³-hybridized carbons (Fsp3) is 0.143. The second kappa shape index (κ2) is 6.21. The van der Waals surface area contributed by atoms with Gasteiger partial charge in [-0.25, -0.2) is 0 Å². The van der Waals surface area contributed by atoms with Crippen molar-refractivity contribution in [3.8, 4) is 0 Å². The number of fused-ring (bicyclic) bond motifs is 1. The van der Waals surface area contributed by atoms with E-state index < -0.39 is 0 Å². The molecule has 0 saturated carbocycles. The summed E-state index contributed by atoms with van der Waals surface area (Å²) in [4.78, 5) is 4.35. The van der Waals surface area contributed by atoms with Crippen molar-refractivity contribution in [2.75, 3.05) is 7.05 Å². The van der Waals surface area contributed by atoms with E-state index in [1.807, 2.05) is 19.1 Å². The van der Waals surface area contributed by atoms with Crippen molar-refractivity contribution in [2.45, 2.75) is 6.92 Å². The number of nitrogens with zero attached hydrogens (tertiary/aromatic N) is 3. The molecule has 0 spiro atoms. The Bertz CT molecular complexity index is 911. The number of halogens is 3. The molecule has 0 radical (unpaired) electrons. The molecule has 2 aromatic rings. The highest BCUT2D eigenvalue weighted by Crippen LogP contribution is 2.38. The molecule has 0 amide bonds. The van der Waals surface area contributed by atoms with Gasteiger partial charge in [0.2, 0.25) is 0 Å². The predicted molar refractivity (Wildman–Crippen MR) is 109 cm³/mol. The van der Waals surface area contributed by atoms with Crippen molar-refractivity contribution in [2.24, 2.45) is 4.99 Å². The number of aliphatic imine (C=N–C) groups is 1. The highest BCUT2D eigenvalue weighted by atomic mass is 127. The summed E-state index contributed by atoms with van der Waals surface area (Å²) in [6.07, 6.45) is 1.95. The summed E-state index contributed by atoms with van der Waals surface area (Å²) in [5, 5.41) is 8.28. The van der Waals surface area contributed by atoms with Crippen LogP contribution in [-0.4, -0.2) is 27.2 Å². The number of benzene rings is 1. The van der Waals surface area contributed by atoms with Crippen LogP contribution in [0.2, 0.25) is 0 Å². The van der Waals surface area contributed by atoms with E-state index in [-0.39, 0.29) is 0 Å². The van der Waals surface area contributed by atoms with E-state index >= 15 is 0 Å². The largest absolute Gasteiger partial charge is 0.297 e. The van der Waals surface area contributed by atoms with E-state index in [9.17, 15) is 0 Å². The van der Waals surface area contributed by atoms with Crippen LogP contribution in [0.5, 0.6) is 0 Å². The Morgan fingerprint density at radius 3 is 2.64 bits per heavy atom. The number of hydrogen-bond acceptors (Lipinski definition) is 5. The molecule has 0 fully saturated rings. The quantitative estimate of drug-likeness (QED) is 0.390. The zero-order chi connectivity index (χ0) is 16.0. The van der Waals surface area contributed by atoms with Crippen molar-refractivity contribution in [1.82, 2.24) is 8.75 Å². The van der Waals surface area contributed by atoms with Gasteiger partial charge in [-0.05, 0) is 79.1 Å². The third-order valence-electron chi connectivity index (χ3n) is 3.37. The lowest BCUT2D eigenvalue weighted by Gasteiger charge is -2.20. The van der Waals surface area contributed by atoms with Crippen molar-refractivity contribution < 1.29 is 0 Å². The summed E-state index contributed by atoms with van der Waals surface area (Å²) in [5.74, 6) is 0. The third kappa shape index (κ3) is 2.53. The molecule has 1 aromatic heterocycles. The molecule has 0 atom stereocenters. The first-order valence-electron chi connectivity index (χ1n) is 6.20. The number of aromatic nitrogens is 2. The maximum Gasteiger partial charge on any atom is 0.119 e. The van der Waals surface area contributed by atoms with Gasteiger partial charge in [0, 0.05) is 30.7 Å². The second-order valence-corrected chi connectivity index (χ2v) is 8.07. The lowest BCUT2D eigenvalue weighted by atomic mass is 9.88. The molecule has 1 aliphatic carbocycles. The average molecular weight is 552 g/mol.